The van der Waals surface area contributed by atoms with Crippen molar-refractivity contribution in [3.05, 3.63) is 167 Å². The summed E-state index contributed by atoms with van der Waals surface area (Å²) in [5.74, 6) is -2.52. The number of carboxylic acid groups (broad SMARTS) is 2. The van der Waals surface area contributed by atoms with Gasteiger partial charge < -0.3 is 20.4 Å². The van der Waals surface area contributed by atoms with Crippen molar-refractivity contribution in [2.45, 2.75) is 44.4 Å². The molecule has 232 valence electrons. The summed E-state index contributed by atoms with van der Waals surface area (Å²) < 4.78 is 0. The zero-order chi connectivity index (χ0) is 32.4. The molecule has 5 aromatic carbocycles. The first-order chi connectivity index (χ1) is 21.8. The Labute approximate surface area is 264 Å². The quantitative estimate of drug-likeness (QED) is 0.119. The first-order valence-corrected chi connectivity index (χ1v) is 15.0. The molecule has 0 unspecified atom stereocenters. The Morgan fingerprint density at radius 3 is 1.09 bits per heavy atom. The van der Waals surface area contributed by atoms with Crippen LogP contribution in [-0.4, -0.2) is 32.4 Å². The van der Waals surface area contributed by atoms with Crippen LogP contribution in [0.4, 0.5) is 0 Å². The summed E-state index contributed by atoms with van der Waals surface area (Å²) in [6.45, 7) is 2.15. The Hall–Kier alpha value is -5.36. The molecule has 6 nitrogen and oxygen atoms in total. The summed E-state index contributed by atoms with van der Waals surface area (Å²) in [6.07, 6.45) is 4.41. The first kappa shape index (κ1) is 34.1. The van der Waals surface area contributed by atoms with Crippen molar-refractivity contribution in [2.24, 2.45) is 0 Å². The lowest BCUT2D eigenvalue weighted by atomic mass is 9.92. The van der Waals surface area contributed by atoms with Gasteiger partial charge in [0.25, 0.3) is 0 Å². The van der Waals surface area contributed by atoms with Crippen molar-refractivity contribution >= 4 is 11.9 Å². The minimum Gasteiger partial charge on any atom is -0.508 e. The summed E-state index contributed by atoms with van der Waals surface area (Å²) in [4.78, 5) is 22.6. The highest BCUT2D eigenvalue weighted by Gasteiger charge is 2.22. The zero-order valence-electron chi connectivity index (χ0n) is 25.4. The van der Waals surface area contributed by atoms with Crippen LogP contribution in [0.25, 0.3) is 0 Å². The minimum atomic E-state index is -0.822. The molecule has 0 aliphatic carbocycles. The molecule has 5 aromatic rings. The maximum absolute atomic E-state index is 11.3. The Bertz CT molecular complexity index is 1380. The number of phenols is 2. The van der Waals surface area contributed by atoms with Crippen molar-refractivity contribution in [1.29, 1.82) is 0 Å². The molecule has 0 fully saturated rings. The third-order valence-electron chi connectivity index (χ3n) is 7.06. The van der Waals surface area contributed by atoms with Crippen molar-refractivity contribution in [1.82, 2.24) is 0 Å². The second-order valence-corrected chi connectivity index (χ2v) is 10.5. The Balaban J connectivity index is 0.000000185. The molecular weight excluding hydrogens is 564 g/mol. The molecule has 0 aliphatic rings. The van der Waals surface area contributed by atoms with Gasteiger partial charge in [-0.3, -0.25) is 9.59 Å². The number of phenolic OH excluding ortho intramolecular Hbond substituents is 2. The average molecular weight is 605 g/mol. The van der Waals surface area contributed by atoms with Gasteiger partial charge in [-0.1, -0.05) is 141 Å². The van der Waals surface area contributed by atoms with Gasteiger partial charge in [-0.2, -0.15) is 0 Å². The van der Waals surface area contributed by atoms with Crippen molar-refractivity contribution in [3.8, 4) is 11.5 Å². The third-order valence-corrected chi connectivity index (χ3v) is 7.06. The van der Waals surface area contributed by atoms with Crippen LogP contribution in [0.15, 0.2) is 140 Å². The SMILES string of the molecule is CCCCCc1cc(O)cc(O)c1.O=C(O)C(c1ccccc1)c1ccccc1.O=C(O)C(c1ccccc1)c1ccccc1. The van der Waals surface area contributed by atoms with E-state index in [9.17, 15) is 30.0 Å². The molecule has 0 saturated carbocycles. The summed E-state index contributed by atoms with van der Waals surface area (Å²) >= 11 is 0. The van der Waals surface area contributed by atoms with E-state index in [0.29, 0.717) is 0 Å². The van der Waals surface area contributed by atoms with Crippen LogP contribution in [0.5, 0.6) is 11.5 Å². The van der Waals surface area contributed by atoms with Crippen LogP contribution in [0, 0.1) is 0 Å². The predicted octanol–water partition coefficient (Wildman–Crippen LogP) is 8.64. The lowest BCUT2D eigenvalue weighted by Crippen LogP contribution is -2.12. The van der Waals surface area contributed by atoms with Crippen LogP contribution in [0.3, 0.4) is 0 Å². The molecular formula is C39H40O6. The van der Waals surface area contributed by atoms with Gasteiger partial charge in [0.15, 0.2) is 0 Å². The number of carboxylic acids is 2. The fourth-order valence-corrected chi connectivity index (χ4v) is 4.92. The molecule has 6 heteroatoms. The fourth-order valence-electron chi connectivity index (χ4n) is 4.92. The highest BCUT2D eigenvalue weighted by atomic mass is 16.4. The number of aliphatic carboxylic acids is 2. The number of aromatic hydroxyl groups is 2. The summed E-state index contributed by atoms with van der Waals surface area (Å²) in [6, 6.07) is 41.8. The predicted molar refractivity (Wildman–Crippen MR) is 178 cm³/mol. The van der Waals surface area contributed by atoms with E-state index in [1.54, 1.807) is 12.1 Å². The van der Waals surface area contributed by atoms with Gasteiger partial charge in [0.1, 0.15) is 23.3 Å². The van der Waals surface area contributed by atoms with Crippen LogP contribution >= 0.6 is 0 Å². The summed E-state index contributed by atoms with van der Waals surface area (Å²) in [5.41, 5.74) is 4.23. The van der Waals surface area contributed by atoms with E-state index in [-0.39, 0.29) is 11.5 Å². The number of aryl methyl sites for hydroxylation is 1. The highest BCUT2D eigenvalue weighted by molar-refractivity contribution is 5.81. The monoisotopic (exact) mass is 604 g/mol. The van der Waals surface area contributed by atoms with Gasteiger partial charge in [0, 0.05) is 6.07 Å². The van der Waals surface area contributed by atoms with E-state index in [2.05, 4.69) is 6.92 Å². The summed E-state index contributed by atoms with van der Waals surface area (Å²) in [5, 5.41) is 36.9. The van der Waals surface area contributed by atoms with Gasteiger partial charge in [-0.15, -0.1) is 0 Å². The van der Waals surface area contributed by atoms with Gasteiger partial charge in [-0.25, -0.2) is 0 Å². The van der Waals surface area contributed by atoms with Gasteiger partial charge >= 0.3 is 11.9 Å². The molecule has 0 heterocycles. The number of unbranched alkanes of at least 4 members (excludes halogenated alkanes) is 2. The van der Waals surface area contributed by atoms with E-state index >= 15 is 0 Å². The number of benzene rings is 5. The fraction of sp³-hybridized carbons (Fsp3) is 0.179. The number of rotatable bonds is 10. The van der Waals surface area contributed by atoms with Crippen LogP contribution in [0.1, 0.15) is 65.8 Å². The van der Waals surface area contributed by atoms with Gasteiger partial charge in [0.2, 0.25) is 0 Å². The normalized spacial score (nSPS) is 10.3. The molecule has 5 rings (SSSR count). The number of carbonyl (C=O) groups is 2. The Morgan fingerprint density at radius 1 is 0.511 bits per heavy atom. The summed E-state index contributed by atoms with van der Waals surface area (Å²) in [7, 11) is 0. The van der Waals surface area contributed by atoms with Crippen molar-refractivity contribution in [3.63, 3.8) is 0 Å². The standard InChI is InChI=1S/2C14H12O2.C11H16O2/c2*15-14(16)13(11-7-3-1-4-8-11)12-9-5-2-6-10-12;1-2-3-4-5-9-6-10(12)8-11(13)7-9/h2*1-10,13H,(H,15,16);6-8,12-13H,2-5H2,1H3. The smallest absolute Gasteiger partial charge is 0.315 e. The molecule has 45 heavy (non-hydrogen) atoms. The lowest BCUT2D eigenvalue weighted by molar-refractivity contribution is -0.138. The van der Waals surface area contributed by atoms with Crippen molar-refractivity contribution in [2.75, 3.05) is 0 Å². The van der Waals surface area contributed by atoms with Crippen molar-refractivity contribution < 1.29 is 30.0 Å². The maximum Gasteiger partial charge on any atom is 0.315 e. The molecule has 0 spiro atoms. The van der Waals surface area contributed by atoms with Crippen LogP contribution in [0.2, 0.25) is 0 Å². The molecule has 4 N–H and O–H groups in total. The van der Waals surface area contributed by atoms with E-state index in [1.807, 2.05) is 121 Å². The van der Waals surface area contributed by atoms with Crippen LogP contribution < -0.4 is 0 Å². The molecule has 0 aromatic heterocycles. The average Bonchev–Trinajstić information content (AvgIpc) is 3.03. The highest BCUT2D eigenvalue weighted by Crippen LogP contribution is 2.26. The molecule has 0 saturated heterocycles. The van der Waals surface area contributed by atoms with E-state index < -0.39 is 23.8 Å². The number of hydrogen-bond acceptors (Lipinski definition) is 4. The largest absolute Gasteiger partial charge is 0.508 e. The Kier molecular flexibility index (Phi) is 13.9. The molecule has 0 bridgehead atoms. The van der Waals surface area contributed by atoms with Gasteiger partial charge in [0.05, 0.1) is 0 Å². The molecule has 0 amide bonds. The Morgan fingerprint density at radius 2 is 0.822 bits per heavy atom. The third kappa shape index (κ3) is 11.3. The minimum absolute atomic E-state index is 0.145. The van der Waals surface area contributed by atoms with E-state index in [1.165, 1.54) is 18.9 Å². The second kappa shape index (κ2) is 18.3. The maximum atomic E-state index is 11.3. The first-order valence-electron chi connectivity index (χ1n) is 15.0. The van der Waals surface area contributed by atoms with Crippen LogP contribution in [-0.2, 0) is 16.0 Å². The topological polar surface area (TPSA) is 115 Å². The second-order valence-electron chi connectivity index (χ2n) is 10.5. The molecule has 0 aliphatic heterocycles. The van der Waals surface area contributed by atoms with E-state index in [0.717, 1.165) is 40.7 Å². The lowest BCUT2D eigenvalue weighted by Gasteiger charge is -2.12. The number of hydrogen-bond donors (Lipinski definition) is 4. The molecule has 0 radical (unpaired) electrons. The molecule has 0 atom stereocenters. The zero-order valence-corrected chi connectivity index (χ0v) is 25.4. The van der Waals surface area contributed by atoms with E-state index in [4.69, 9.17) is 0 Å². The van der Waals surface area contributed by atoms with Gasteiger partial charge in [-0.05, 0) is 52.8 Å².